The zero-order chi connectivity index (χ0) is 17.1. The molecule has 0 aliphatic rings. The molecule has 22 heavy (non-hydrogen) atoms. The Kier molecular flexibility index (Phi) is 5.55. The maximum atomic E-state index is 12.5. The molecule has 0 saturated carbocycles. The smallest absolute Gasteiger partial charge is 0.434 e. The van der Waals surface area contributed by atoms with Gasteiger partial charge in [0.25, 0.3) is 0 Å². The van der Waals surface area contributed by atoms with E-state index in [4.69, 9.17) is 17.3 Å². The summed E-state index contributed by atoms with van der Waals surface area (Å²) < 4.78 is 28.4. The molecule has 0 aliphatic carbocycles. The monoisotopic (exact) mass is 349 g/mol. The summed E-state index contributed by atoms with van der Waals surface area (Å²) in [5, 5.41) is 0.202. The first-order valence-electron chi connectivity index (χ1n) is 6.39. The van der Waals surface area contributed by atoms with Gasteiger partial charge in [-0.25, -0.2) is 9.59 Å². The number of quaternary nitrogens is 1. The van der Waals surface area contributed by atoms with Gasteiger partial charge in [-0.05, 0) is 18.6 Å². The lowest BCUT2D eigenvalue weighted by atomic mass is 10.1. The minimum absolute atomic E-state index is 0.0998. The van der Waals surface area contributed by atoms with Crippen LogP contribution in [0, 0.1) is 0 Å². The van der Waals surface area contributed by atoms with E-state index in [1.54, 1.807) is 6.92 Å². The van der Waals surface area contributed by atoms with Crippen LogP contribution in [0.5, 0.6) is 0 Å². The number of hydrogen-bond acceptors (Lipinski definition) is 5. The van der Waals surface area contributed by atoms with Crippen molar-refractivity contribution in [2.45, 2.75) is 13.3 Å². The molecule has 0 fully saturated rings. The summed E-state index contributed by atoms with van der Waals surface area (Å²) in [6, 6.07) is 2.78. The van der Waals surface area contributed by atoms with Crippen molar-refractivity contribution in [1.82, 2.24) is 3.89 Å². The fraction of sp³-hybridized carbons (Fsp3) is 0.385. The minimum atomic E-state index is -3.99. The van der Waals surface area contributed by atoms with Gasteiger partial charge in [-0.1, -0.05) is 18.5 Å². The fourth-order valence-electron chi connectivity index (χ4n) is 2.00. The first-order chi connectivity index (χ1) is 10.1. The fourth-order valence-corrected chi connectivity index (χ4v) is 3.79. The zero-order valence-electron chi connectivity index (χ0n) is 12.5. The molecule has 122 valence electrons. The first-order valence-corrected chi connectivity index (χ1v) is 8.38. The van der Waals surface area contributed by atoms with Crippen molar-refractivity contribution in [3.63, 3.8) is 0 Å². The normalized spacial score (nSPS) is 14.2. The number of primary amides is 1. The van der Waals surface area contributed by atoms with Crippen LogP contribution in [-0.2, 0) is 14.8 Å². The molecule has 0 saturated heterocycles. The molecule has 0 bridgehead atoms. The second-order valence-corrected chi connectivity index (χ2v) is 7.44. The predicted molar refractivity (Wildman–Crippen MR) is 84.2 cm³/mol. The van der Waals surface area contributed by atoms with E-state index in [9.17, 15) is 18.0 Å². The number of methoxy groups -OCH3 is 1. The van der Waals surface area contributed by atoms with Crippen molar-refractivity contribution in [3.05, 3.63) is 28.8 Å². The summed E-state index contributed by atoms with van der Waals surface area (Å²) in [6.45, 7) is 1.66. The maximum absolute atomic E-state index is 12.5. The van der Waals surface area contributed by atoms with Crippen LogP contribution >= 0.6 is 11.6 Å². The van der Waals surface area contributed by atoms with E-state index in [0.29, 0.717) is 6.42 Å². The molecular weight excluding hydrogens is 332 g/mol. The number of amides is 2. The number of nitrogens with zero attached hydrogens (tertiary/aromatic N) is 1. The minimum Gasteiger partial charge on any atom is -0.465 e. The molecule has 1 atom stereocenters. The number of hydrogen-bond donors (Lipinski definition) is 1. The Bertz CT molecular complexity index is 704. The summed E-state index contributed by atoms with van der Waals surface area (Å²) in [6.07, 6.45) is 0.296. The van der Waals surface area contributed by atoms with E-state index in [-0.39, 0.29) is 22.0 Å². The average molecular weight is 350 g/mol. The Hall–Kier alpha value is -1.64. The second kappa shape index (κ2) is 6.64. The Balaban J connectivity index is 3.73. The lowest BCUT2D eigenvalue weighted by Crippen LogP contribution is -2.59. The number of ether oxygens (including phenoxy) is 1. The van der Waals surface area contributed by atoms with Crippen LogP contribution in [-0.4, -0.2) is 40.3 Å². The van der Waals surface area contributed by atoms with Gasteiger partial charge in [0, 0.05) is 11.1 Å². The number of halogens is 1. The van der Waals surface area contributed by atoms with Crippen LogP contribution in [0.25, 0.3) is 0 Å². The molecule has 0 heterocycles. The van der Waals surface area contributed by atoms with E-state index >= 15 is 0 Å². The molecule has 0 aliphatic heterocycles. The van der Waals surface area contributed by atoms with E-state index in [2.05, 4.69) is 4.74 Å². The molecule has 7 nitrogen and oxygen atoms in total. The zero-order valence-corrected chi connectivity index (χ0v) is 14.1. The summed E-state index contributed by atoms with van der Waals surface area (Å²) in [5.74, 6) is -1.08. The van der Waals surface area contributed by atoms with E-state index in [1.807, 2.05) is 0 Å². The lowest BCUT2D eigenvalue weighted by molar-refractivity contribution is 0.0600. The highest BCUT2D eigenvalue weighted by Crippen LogP contribution is 2.32. The number of carbonyl (C=O) groups is 2. The van der Waals surface area contributed by atoms with Gasteiger partial charge < -0.3 is 10.5 Å². The van der Waals surface area contributed by atoms with Gasteiger partial charge in [0.2, 0.25) is 0 Å². The molecular formula is C13H18ClN2O5S+. The third kappa shape index (κ3) is 3.08. The van der Waals surface area contributed by atoms with Gasteiger partial charge in [-0.2, -0.15) is 8.42 Å². The SMILES string of the molecule is CCCS(=O)(=O)[N+](C)(C(N)=O)c1ccc(Cl)cc1C(=O)OC. The molecule has 2 amide bonds. The number of carbonyl (C=O) groups excluding carboxylic acids is 2. The number of nitrogens with two attached hydrogens (primary N) is 1. The number of sulfonamides is 1. The van der Waals surface area contributed by atoms with Gasteiger partial charge in [0.15, 0.2) is 5.69 Å². The molecule has 0 aromatic heterocycles. The summed E-state index contributed by atoms with van der Waals surface area (Å²) in [4.78, 5) is 23.8. The number of benzene rings is 1. The van der Waals surface area contributed by atoms with Crippen molar-refractivity contribution >= 4 is 39.3 Å². The van der Waals surface area contributed by atoms with Crippen molar-refractivity contribution < 1.29 is 22.7 Å². The highest BCUT2D eigenvalue weighted by atomic mass is 35.5. The molecule has 9 heteroatoms. The van der Waals surface area contributed by atoms with Crippen LogP contribution in [0.1, 0.15) is 23.7 Å². The molecule has 1 unspecified atom stereocenters. The Morgan fingerprint density at radius 1 is 1.36 bits per heavy atom. The van der Waals surface area contributed by atoms with Crippen molar-refractivity contribution in [2.24, 2.45) is 5.73 Å². The third-order valence-corrected chi connectivity index (χ3v) is 5.91. The van der Waals surface area contributed by atoms with E-state index < -0.39 is 25.9 Å². The molecule has 0 radical (unpaired) electrons. The van der Waals surface area contributed by atoms with Crippen molar-refractivity contribution in [2.75, 3.05) is 19.9 Å². The van der Waals surface area contributed by atoms with E-state index in [1.165, 1.54) is 18.2 Å². The number of esters is 1. The highest BCUT2D eigenvalue weighted by Gasteiger charge is 2.48. The quantitative estimate of drug-likeness (QED) is 0.645. The molecule has 1 aromatic carbocycles. The average Bonchev–Trinajstić information content (AvgIpc) is 2.44. The van der Waals surface area contributed by atoms with Crippen LogP contribution < -0.4 is 9.62 Å². The molecule has 0 spiro atoms. The Morgan fingerprint density at radius 2 is 1.95 bits per heavy atom. The van der Waals surface area contributed by atoms with Crippen LogP contribution in [0.2, 0.25) is 5.02 Å². The highest BCUT2D eigenvalue weighted by molar-refractivity contribution is 7.91. The molecule has 2 N–H and O–H groups in total. The number of rotatable bonds is 5. The second-order valence-electron chi connectivity index (χ2n) is 4.70. The molecule has 1 rings (SSSR count). The Morgan fingerprint density at radius 3 is 2.41 bits per heavy atom. The van der Waals surface area contributed by atoms with Crippen LogP contribution in [0.4, 0.5) is 10.5 Å². The van der Waals surface area contributed by atoms with Gasteiger partial charge in [0.1, 0.15) is 11.3 Å². The van der Waals surface area contributed by atoms with Gasteiger partial charge in [0.05, 0.1) is 14.2 Å². The standard InChI is InChI=1S/C13H17ClN2O5S/c1-4-7-22(19,20)16(2,13(15)18)11-6-5-9(14)8-10(11)12(17)21-3/h5-6,8H,4,7H2,1-3H3,(H-,15,18)/p+1. The number of urea groups is 1. The predicted octanol–water partition coefficient (Wildman–Crippen LogP) is 1.88. The largest absolute Gasteiger partial charge is 0.465 e. The Labute approximate surface area is 134 Å². The topological polar surface area (TPSA) is 104 Å². The van der Waals surface area contributed by atoms with Crippen LogP contribution in [0.3, 0.4) is 0 Å². The van der Waals surface area contributed by atoms with Crippen molar-refractivity contribution in [1.29, 1.82) is 0 Å². The summed E-state index contributed by atoms with van der Waals surface area (Å²) >= 11 is 5.84. The van der Waals surface area contributed by atoms with E-state index in [0.717, 1.165) is 14.2 Å². The summed E-state index contributed by atoms with van der Waals surface area (Å²) in [7, 11) is -1.72. The lowest BCUT2D eigenvalue weighted by Gasteiger charge is -2.28. The van der Waals surface area contributed by atoms with Crippen LogP contribution in [0.15, 0.2) is 18.2 Å². The van der Waals surface area contributed by atoms with Gasteiger partial charge >= 0.3 is 22.0 Å². The maximum Gasteiger partial charge on any atom is 0.434 e. The summed E-state index contributed by atoms with van der Waals surface area (Å²) in [5.41, 5.74) is 5.11. The van der Waals surface area contributed by atoms with Gasteiger partial charge in [-0.15, -0.1) is 3.89 Å². The first kappa shape index (κ1) is 18.4. The molecule has 1 aromatic rings. The van der Waals surface area contributed by atoms with Gasteiger partial charge in [-0.3, -0.25) is 0 Å². The van der Waals surface area contributed by atoms with Crippen molar-refractivity contribution in [3.8, 4) is 0 Å². The third-order valence-electron chi connectivity index (χ3n) is 3.26.